The molecular formula is C13H13BrN2O3. The summed E-state index contributed by atoms with van der Waals surface area (Å²) in [4.78, 5) is 12.0. The van der Waals surface area contributed by atoms with E-state index in [1.54, 1.807) is 13.2 Å². The Hall–Kier alpha value is -1.66. The maximum atomic E-state index is 12.0. The van der Waals surface area contributed by atoms with E-state index in [4.69, 9.17) is 9.26 Å². The Morgan fingerprint density at radius 1 is 1.53 bits per heavy atom. The summed E-state index contributed by atoms with van der Waals surface area (Å²) in [6.45, 7) is 2.20. The number of carbonyl (C=O) groups excluding carboxylic acids is 1. The standard InChI is InChI=1S/C13H13BrN2O3/c1-8-10(14)4-3-5-11(8)15-13(17)12-6-9(7-18-2)19-16-12/h3-6H,7H2,1-2H3,(H,15,17). The number of anilines is 1. The lowest BCUT2D eigenvalue weighted by atomic mass is 10.2. The summed E-state index contributed by atoms with van der Waals surface area (Å²) in [5.74, 6) is 0.200. The van der Waals surface area contributed by atoms with Crippen molar-refractivity contribution in [2.24, 2.45) is 0 Å². The van der Waals surface area contributed by atoms with Crippen molar-refractivity contribution in [2.45, 2.75) is 13.5 Å². The van der Waals surface area contributed by atoms with Crippen molar-refractivity contribution in [3.05, 3.63) is 45.8 Å². The van der Waals surface area contributed by atoms with Crippen molar-refractivity contribution in [1.82, 2.24) is 5.16 Å². The summed E-state index contributed by atoms with van der Waals surface area (Å²) in [5.41, 5.74) is 1.92. The number of halogens is 1. The largest absolute Gasteiger partial charge is 0.377 e. The first-order valence-corrected chi connectivity index (χ1v) is 6.42. The molecule has 2 aromatic rings. The molecule has 19 heavy (non-hydrogen) atoms. The van der Waals surface area contributed by atoms with Gasteiger partial charge in [0.2, 0.25) is 0 Å². The third kappa shape index (κ3) is 3.21. The Bertz CT molecular complexity index is 595. The van der Waals surface area contributed by atoms with Crippen LogP contribution in [0, 0.1) is 6.92 Å². The molecule has 0 saturated carbocycles. The number of benzene rings is 1. The normalized spacial score (nSPS) is 10.5. The van der Waals surface area contributed by atoms with E-state index in [0.717, 1.165) is 15.7 Å². The second kappa shape index (κ2) is 5.99. The molecule has 100 valence electrons. The van der Waals surface area contributed by atoms with Crippen molar-refractivity contribution >= 4 is 27.5 Å². The van der Waals surface area contributed by atoms with Crippen LogP contribution < -0.4 is 5.32 Å². The molecule has 1 aromatic heterocycles. The van der Waals surface area contributed by atoms with Crippen molar-refractivity contribution in [2.75, 3.05) is 12.4 Å². The van der Waals surface area contributed by atoms with Gasteiger partial charge in [-0.15, -0.1) is 0 Å². The molecule has 1 amide bonds. The van der Waals surface area contributed by atoms with E-state index in [1.807, 2.05) is 25.1 Å². The number of nitrogens with one attached hydrogen (secondary N) is 1. The molecular weight excluding hydrogens is 312 g/mol. The van der Waals surface area contributed by atoms with Crippen LogP contribution in [-0.2, 0) is 11.3 Å². The van der Waals surface area contributed by atoms with Crippen molar-refractivity contribution in [3.8, 4) is 0 Å². The van der Waals surface area contributed by atoms with Crippen LogP contribution in [0.3, 0.4) is 0 Å². The van der Waals surface area contributed by atoms with Gasteiger partial charge in [0, 0.05) is 23.3 Å². The minimum atomic E-state index is -0.313. The molecule has 2 rings (SSSR count). The molecule has 0 unspecified atom stereocenters. The third-order valence-corrected chi connectivity index (χ3v) is 3.45. The van der Waals surface area contributed by atoms with Gasteiger partial charge in [0.05, 0.1) is 0 Å². The summed E-state index contributed by atoms with van der Waals surface area (Å²) in [6.07, 6.45) is 0. The first-order valence-electron chi connectivity index (χ1n) is 5.63. The Labute approximate surface area is 119 Å². The van der Waals surface area contributed by atoms with Crippen LogP contribution in [0.25, 0.3) is 0 Å². The van der Waals surface area contributed by atoms with Gasteiger partial charge < -0.3 is 14.6 Å². The summed E-state index contributed by atoms with van der Waals surface area (Å²) in [5, 5.41) is 6.49. The topological polar surface area (TPSA) is 64.4 Å². The lowest BCUT2D eigenvalue weighted by Gasteiger charge is -2.07. The highest BCUT2D eigenvalue weighted by atomic mass is 79.9. The average Bonchev–Trinajstić information content (AvgIpc) is 2.84. The van der Waals surface area contributed by atoms with E-state index in [2.05, 4.69) is 26.4 Å². The molecule has 1 aromatic carbocycles. The SMILES string of the molecule is COCc1cc(C(=O)Nc2cccc(Br)c2C)no1. The van der Waals surface area contributed by atoms with Gasteiger partial charge in [-0.3, -0.25) is 4.79 Å². The molecule has 0 atom stereocenters. The number of nitrogens with zero attached hydrogens (tertiary/aromatic N) is 1. The fraction of sp³-hybridized carbons (Fsp3) is 0.231. The van der Waals surface area contributed by atoms with Crippen LogP contribution in [0.2, 0.25) is 0 Å². The second-order valence-electron chi connectivity index (χ2n) is 3.98. The first-order chi connectivity index (χ1) is 9.11. The molecule has 5 nitrogen and oxygen atoms in total. The number of hydrogen-bond donors (Lipinski definition) is 1. The molecule has 6 heteroatoms. The number of ether oxygens (including phenoxy) is 1. The molecule has 0 aliphatic heterocycles. The zero-order valence-corrected chi connectivity index (χ0v) is 12.2. The highest BCUT2D eigenvalue weighted by Crippen LogP contribution is 2.23. The number of carbonyl (C=O) groups is 1. The second-order valence-corrected chi connectivity index (χ2v) is 4.83. The Kier molecular flexibility index (Phi) is 4.34. The van der Waals surface area contributed by atoms with Gasteiger partial charge in [0.15, 0.2) is 11.5 Å². The Morgan fingerprint density at radius 3 is 3.05 bits per heavy atom. The number of hydrogen-bond acceptors (Lipinski definition) is 4. The van der Waals surface area contributed by atoms with E-state index in [1.165, 1.54) is 0 Å². The fourth-order valence-corrected chi connectivity index (χ4v) is 1.93. The number of amides is 1. The van der Waals surface area contributed by atoms with E-state index in [-0.39, 0.29) is 18.2 Å². The molecule has 0 aliphatic carbocycles. The fourth-order valence-electron chi connectivity index (χ4n) is 1.56. The Morgan fingerprint density at radius 2 is 2.32 bits per heavy atom. The molecule has 1 heterocycles. The first kappa shape index (κ1) is 13.8. The van der Waals surface area contributed by atoms with E-state index in [0.29, 0.717) is 5.76 Å². The molecule has 0 fully saturated rings. The average molecular weight is 325 g/mol. The van der Waals surface area contributed by atoms with Crippen LogP contribution in [-0.4, -0.2) is 18.2 Å². The maximum absolute atomic E-state index is 12.0. The summed E-state index contributed by atoms with van der Waals surface area (Å²) in [6, 6.07) is 7.16. The van der Waals surface area contributed by atoms with Gasteiger partial charge in [-0.1, -0.05) is 27.2 Å². The minimum absolute atomic E-state index is 0.228. The van der Waals surface area contributed by atoms with Crippen LogP contribution >= 0.6 is 15.9 Å². The summed E-state index contributed by atoms with van der Waals surface area (Å²) >= 11 is 3.41. The van der Waals surface area contributed by atoms with Gasteiger partial charge in [0.1, 0.15) is 6.61 Å². The van der Waals surface area contributed by atoms with Gasteiger partial charge in [-0.05, 0) is 24.6 Å². The van der Waals surface area contributed by atoms with E-state index < -0.39 is 0 Å². The number of aromatic nitrogens is 1. The zero-order valence-electron chi connectivity index (χ0n) is 10.6. The monoisotopic (exact) mass is 324 g/mol. The van der Waals surface area contributed by atoms with Crippen molar-refractivity contribution in [1.29, 1.82) is 0 Å². The van der Waals surface area contributed by atoms with Crippen molar-refractivity contribution < 1.29 is 14.1 Å². The molecule has 0 aliphatic rings. The van der Waals surface area contributed by atoms with Crippen LogP contribution in [0.1, 0.15) is 21.8 Å². The highest BCUT2D eigenvalue weighted by molar-refractivity contribution is 9.10. The molecule has 0 spiro atoms. The maximum Gasteiger partial charge on any atom is 0.277 e. The Balaban J connectivity index is 2.14. The minimum Gasteiger partial charge on any atom is -0.377 e. The quantitative estimate of drug-likeness (QED) is 0.938. The van der Waals surface area contributed by atoms with Crippen LogP contribution in [0.4, 0.5) is 5.69 Å². The number of methoxy groups -OCH3 is 1. The van der Waals surface area contributed by atoms with Crippen LogP contribution in [0.5, 0.6) is 0 Å². The van der Waals surface area contributed by atoms with Gasteiger partial charge in [-0.25, -0.2) is 0 Å². The van der Waals surface area contributed by atoms with Crippen molar-refractivity contribution in [3.63, 3.8) is 0 Å². The predicted molar refractivity (Wildman–Crippen MR) is 74.0 cm³/mol. The van der Waals surface area contributed by atoms with E-state index >= 15 is 0 Å². The van der Waals surface area contributed by atoms with Gasteiger partial charge >= 0.3 is 0 Å². The predicted octanol–water partition coefficient (Wildman–Crippen LogP) is 3.14. The molecule has 0 radical (unpaired) electrons. The smallest absolute Gasteiger partial charge is 0.277 e. The summed E-state index contributed by atoms with van der Waals surface area (Å²) < 4.78 is 10.8. The molecule has 1 N–H and O–H groups in total. The van der Waals surface area contributed by atoms with Gasteiger partial charge in [-0.2, -0.15) is 0 Å². The lowest BCUT2D eigenvalue weighted by Crippen LogP contribution is -2.13. The highest BCUT2D eigenvalue weighted by Gasteiger charge is 2.14. The third-order valence-electron chi connectivity index (χ3n) is 2.59. The zero-order chi connectivity index (χ0) is 13.8. The van der Waals surface area contributed by atoms with Crippen LogP contribution in [0.15, 0.2) is 33.3 Å². The van der Waals surface area contributed by atoms with Gasteiger partial charge in [0.25, 0.3) is 5.91 Å². The van der Waals surface area contributed by atoms with E-state index in [9.17, 15) is 4.79 Å². The molecule has 0 saturated heterocycles. The summed E-state index contributed by atoms with van der Waals surface area (Å²) in [7, 11) is 1.55. The number of rotatable bonds is 4. The lowest BCUT2D eigenvalue weighted by molar-refractivity contribution is 0.101. The molecule has 0 bridgehead atoms.